The minimum absolute atomic E-state index is 0.0124. The standard InChI is InChI=1S/C21H23ClN4O3S/c1-3-30(28,29)26(2)17-6-4-5-15(13-17)21(27)25-12-11-24-19-9-10-23-20-14-16(22)7-8-18(19)20/h4-10,13-14H,3,11-12H2,1-2H3,(H,23,24)(H,25,27). The van der Waals surface area contributed by atoms with Crippen LogP contribution in [0.4, 0.5) is 11.4 Å². The number of halogens is 1. The van der Waals surface area contributed by atoms with Crippen molar-refractivity contribution in [1.29, 1.82) is 0 Å². The fourth-order valence-corrected chi connectivity index (χ4v) is 3.94. The molecule has 0 radical (unpaired) electrons. The molecule has 30 heavy (non-hydrogen) atoms. The van der Waals surface area contributed by atoms with E-state index in [0.29, 0.717) is 29.4 Å². The van der Waals surface area contributed by atoms with Crippen LogP contribution in [-0.4, -0.2) is 45.2 Å². The third kappa shape index (κ3) is 5.01. The number of fused-ring (bicyclic) bond motifs is 1. The number of carbonyl (C=O) groups is 1. The van der Waals surface area contributed by atoms with Crippen molar-refractivity contribution in [2.75, 3.05) is 35.5 Å². The molecule has 3 aromatic rings. The first-order valence-electron chi connectivity index (χ1n) is 9.45. The van der Waals surface area contributed by atoms with Gasteiger partial charge < -0.3 is 10.6 Å². The Morgan fingerprint density at radius 3 is 2.70 bits per heavy atom. The van der Waals surface area contributed by atoms with Gasteiger partial charge in [0.05, 0.1) is 17.0 Å². The van der Waals surface area contributed by atoms with E-state index in [4.69, 9.17) is 11.6 Å². The van der Waals surface area contributed by atoms with E-state index in [1.165, 1.54) is 11.4 Å². The average Bonchev–Trinajstić information content (AvgIpc) is 2.75. The first-order chi connectivity index (χ1) is 14.3. The molecule has 0 aliphatic heterocycles. The fourth-order valence-electron chi connectivity index (χ4n) is 2.95. The highest BCUT2D eigenvalue weighted by molar-refractivity contribution is 7.92. The quantitative estimate of drug-likeness (QED) is 0.516. The Morgan fingerprint density at radius 2 is 1.93 bits per heavy atom. The number of sulfonamides is 1. The van der Waals surface area contributed by atoms with Gasteiger partial charge in [-0.1, -0.05) is 17.7 Å². The summed E-state index contributed by atoms with van der Waals surface area (Å²) >= 11 is 6.01. The highest BCUT2D eigenvalue weighted by atomic mass is 35.5. The molecule has 2 N–H and O–H groups in total. The van der Waals surface area contributed by atoms with Crippen LogP contribution in [0.1, 0.15) is 17.3 Å². The number of hydrogen-bond donors (Lipinski definition) is 2. The Bertz CT molecular complexity index is 1170. The maximum Gasteiger partial charge on any atom is 0.251 e. The van der Waals surface area contributed by atoms with E-state index in [2.05, 4.69) is 15.6 Å². The van der Waals surface area contributed by atoms with Gasteiger partial charge in [0.15, 0.2) is 0 Å². The minimum atomic E-state index is -3.39. The van der Waals surface area contributed by atoms with Crippen molar-refractivity contribution in [3.63, 3.8) is 0 Å². The Balaban J connectivity index is 1.60. The zero-order chi connectivity index (χ0) is 21.7. The van der Waals surface area contributed by atoms with E-state index in [1.807, 2.05) is 12.1 Å². The molecule has 0 unspecified atom stereocenters. The first-order valence-corrected chi connectivity index (χ1v) is 11.4. The van der Waals surface area contributed by atoms with Crippen molar-refractivity contribution >= 4 is 49.8 Å². The second-order valence-electron chi connectivity index (χ2n) is 6.62. The molecule has 9 heteroatoms. The molecule has 1 aromatic heterocycles. The predicted molar refractivity (Wildman–Crippen MR) is 122 cm³/mol. The molecule has 0 saturated heterocycles. The second kappa shape index (κ2) is 9.32. The summed E-state index contributed by atoms with van der Waals surface area (Å²) in [5.74, 6) is -0.283. The van der Waals surface area contributed by atoms with Crippen LogP contribution in [0, 0.1) is 0 Å². The van der Waals surface area contributed by atoms with E-state index < -0.39 is 10.0 Å². The molecule has 7 nitrogen and oxygen atoms in total. The van der Waals surface area contributed by atoms with Crippen LogP contribution in [-0.2, 0) is 10.0 Å². The van der Waals surface area contributed by atoms with E-state index >= 15 is 0 Å². The zero-order valence-corrected chi connectivity index (χ0v) is 18.3. The van der Waals surface area contributed by atoms with Crippen LogP contribution in [0.15, 0.2) is 54.7 Å². The molecular formula is C21H23ClN4O3S. The second-order valence-corrected chi connectivity index (χ2v) is 9.35. The van der Waals surface area contributed by atoms with Crippen molar-refractivity contribution in [2.45, 2.75) is 6.92 Å². The number of anilines is 2. The molecule has 0 atom stereocenters. The molecule has 0 saturated carbocycles. The van der Waals surface area contributed by atoms with Crippen LogP contribution in [0.25, 0.3) is 10.9 Å². The predicted octanol–water partition coefficient (Wildman–Crippen LogP) is 3.52. The third-order valence-electron chi connectivity index (χ3n) is 4.68. The maximum atomic E-state index is 12.5. The lowest BCUT2D eigenvalue weighted by atomic mass is 10.2. The minimum Gasteiger partial charge on any atom is -0.383 e. The van der Waals surface area contributed by atoms with Crippen LogP contribution in [0.5, 0.6) is 0 Å². The summed E-state index contributed by atoms with van der Waals surface area (Å²) in [6, 6.07) is 13.9. The normalized spacial score (nSPS) is 11.3. The monoisotopic (exact) mass is 446 g/mol. The molecule has 1 amide bonds. The summed E-state index contributed by atoms with van der Waals surface area (Å²) in [5, 5.41) is 7.69. The molecule has 0 fully saturated rings. The smallest absolute Gasteiger partial charge is 0.251 e. The lowest BCUT2D eigenvalue weighted by Crippen LogP contribution is -2.30. The van der Waals surface area contributed by atoms with Crippen LogP contribution >= 0.6 is 11.6 Å². The number of carbonyl (C=O) groups excluding carboxylic acids is 1. The van der Waals surface area contributed by atoms with Crippen LogP contribution in [0.3, 0.4) is 0 Å². The van der Waals surface area contributed by atoms with Gasteiger partial charge in [-0.15, -0.1) is 0 Å². The third-order valence-corrected chi connectivity index (χ3v) is 6.69. The molecular weight excluding hydrogens is 424 g/mol. The van der Waals surface area contributed by atoms with Gasteiger partial charge >= 0.3 is 0 Å². The van der Waals surface area contributed by atoms with Gasteiger partial charge in [0.1, 0.15) is 0 Å². The van der Waals surface area contributed by atoms with Gasteiger partial charge in [-0.05, 0) is 49.4 Å². The number of rotatable bonds is 8. The molecule has 158 valence electrons. The zero-order valence-electron chi connectivity index (χ0n) is 16.7. The van der Waals surface area contributed by atoms with Gasteiger partial charge in [-0.25, -0.2) is 8.42 Å². The number of benzene rings is 2. The van der Waals surface area contributed by atoms with E-state index in [-0.39, 0.29) is 11.7 Å². The molecule has 0 spiro atoms. The summed E-state index contributed by atoms with van der Waals surface area (Å²) in [5.41, 5.74) is 2.54. The van der Waals surface area contributed by atoms with E-state index in [1.54, 1.807) is 49.5 Å². The number of nitrogens with zero attached hydrogens (tertiary/aromatic N) is 2. The molecule has 0 aliphatic rings. The molecule has 1 heterocycles. The Hall–Kier alpha value is -2.84. The van der Waals surface area contributed by atoms with Gasteiger partial charge in [-0.3, -0.25) is 14.1 Å². The highest BCUT2D eigenvalue weighted by Crippen LogP contribution is 2.24. The lowest BCUT2D eigenvalue weighted by Gasteiger charge is -2.19. The molecule has 2 aromatic carbocycles. The fraction of sp³-hybridized carbons (Fsp3) is 0.238. The number of nitrogens with one attached hydrogen (secondary N) is 2. The van der Waals surface area contributed by atoms with Crippen molar-refractivity contribution in [1.82, 2.24) is 10.3 Å². The Kier molecular flexibility index (Phi) is 6.79. The Morgan fingerprint density at radius 1 is 1.13 bits per heavy atom. The summed E-state index contributed by atoms with van der Waals surface area (Å²) < 4.78 is 25.3. The molecule has 0 bridgehead atoms. The summed E-state index contributed by atoms with van der Waals surface area (Å²) in [7, 11) is -1.91. The van der Waals surface area contributed by atoms with Crippen molar-refractivity contribution in [2.24, 2.45) is 0 Å². The van der Waals surface area contributed by atoms with E-state index in [9.17, 15) is 13.2 Å². The maximum absolute atomic E-state index is 12.5. The summed E-state index contributed by atoms with van der Waals surface area (Å²) in [4.78, 5) is 16.8. The molecule has 0 aliphatic carbocycles. The topological polar surface area (TPSA) is 91.4 Å². The van der Waals surface area contributed by atoms with Gasteiger partial charge in [0.2, 0.25) is 10.0 Å². The van der Waals surface area contributed by atoms with Crippen molar-refractivity contribution in [3.05, 3.63) is 65.3 Å². The first kappa shape index (κ1) is 21.9. The highest BCUT2D eigenvalue weighted by Gasteiger charge is 2.17. The van der Waals surface area contributed by atoms with Crippen molar-refractivity contribution in [3.8, 4) is 0 Å². The van der Waals surface area contributed by atoms with Crippen LogP contribution in [0.2, 0.25) is 5.02 Å². The molecule has 3 rings (SSSR count). The van der Waals surface area contributed by atoms with Crippen LogP contribution < -0.4 is 14.9 Å². The number of hydrogen-bond acceptors (Lipinski definition) is 5. The van der Waals surface area contributed by atoms with E-state index in [0.717, 1.165) is 16.6 Å². The summed E-state index contributed by atoms with van der Waals surface area (Å²) in [6.07, 6.45) is 1.70. The van der Waals surface area contributed by atoms with Crippen molar-refractivity contribution < 1.29 is 13.2 Å². The SMILES string of the molecule is CCS(=O)(=O)N(C)c1cccc(C(=O)NCCNc2ccnc3cc(Cl)ccc23)c1. The number of pyridine rings is 1. The largest absolute Gasteiger partial charge is 0.383 e. The van der Waals surface area contributed by atoms with Gasteiger partial charge in [0.25, 0.3) is 5.91 Å². The number of amides is 1. The lowest BCUT2D eigenvalue weighted by molar-refractivity contribution is 0.0955. The average molecular weight is 447 g/mol. The van der Waals surface area contributed by atoms with Gasteiger partial charge in [0, 0.05) is 48.0 Å². The Labute approximate surface area is 181 Å². The van der Waals surface area contributed by atoms with Gasteiger partial charge in [-0.2, -0.15) is 0 Å². The summed E-state index contributed by atoms with van der Waals surface area (Å²) in [6.45, 7) is 2.48. The number of aromatic nitrogens is 1.